The Kier molecular flexibility index (Phi) is 13.0. The first-order valence-electron chi connectivity index (χ1n) is 24.9. The van der Waals surface area contributed by atoms with Gasteiger partial charge in [-0.1, -0.05) is 197 Å². The minimum absolute atomic E-state index is 0. The molecule has 0 unspecified atom stereocenters. The van der Waals surface area contributed by atoms with Gasteiger partial charge < -0.3 is 15.0 Å². The summed E-state index contributed by atoms with van der Waals surface area (Å²) in [4.78, 5) is 13.9. The molecule has 352 valence electrons. The summed E-state index contributed by atoms with van der Waals surface area (Å²) >= 11 is 0. The molecule has 3 aromatic heterocycles. The number of hydrogen-bond acceptors (Lipinski definition) is 3. The molecule has 75 heavy (non-hydrogen) atoms. The molecular weight excluding hydrogens is 1090 g/mol. The predicted octanol–water partition coefficient (Wildman–Crippen LogP) is 18.2. The number of pyridine rings is 3. The van der Waals surface area contributed by atoms with Crippen molar-refractivity contribution in [2.24, 2.45) is 0 Å². The molecule has 0 N–H and O–H groups in total. The summed E-state index contributed by atoms with van der Waals surface area (Å²) in [5.41, 5.74) is 21.0. The monoisotopic (exact) mass is 1130 g/mol. The van der Waals surface area contributed by atoms with Crippen LogP contribution in [-0.4, -0.2) is 15.0 Å². The van der Waals surface area contributed by atoms with Gasteiger partial charge in [0, 0.05) is 18.6 Å². The van der Waals surface area contributed by atoms with Crippen LogP contribution in [0.5, 0.6) is 0 Å². The molecule has 13 aromatic rings. The Morgan fingerprint density at radius 1 is 0.240 bits per heavy atom. The van der Waals surface area contributed by atoms with Crippen LogP contribution >= 0.6 is 0 Å². The predicted molar refractivity (Wildman–Crippen MR) is 306 cm³/mol. The quantitative estimate of drug-likeness (QED) is 0.101. The number of aromatic nitrogens is 3. The molecule has 4 heteroatoms. The Bertz CT molecular complexity index is 4010. The first-order valence-corrected chi connectivity index (χ1v) is 24.9. The molecular formula is C71H44IrN3. The largest absolute Gasteiger partial charge is 3.00 e. The summed E-state index contributed by atoms with van der Waals surface area (Å²) in [6.07, 6.45) is 5.49. The zero-order valence-electron chi connectivity index (χ0n) is 40.6. The number of benzene rings is 10. The van der Waals surface area contributed by atoms with E-state index in [1.54, 1.807) is 0 Å². The molecule has 0 amide bonds. The van der Waals surface area contributed by atoms with Crippen molar-refractivity contribution in [3.8, 4) is 112 Å². The van der Waals surface area contributed by atoms with Gasteiger partial charge >= 0.3 is 20.1 Å². The summed E-state index contributed by atoms with van der Waals surface area (Å²) in [6.45, 7) is 0. The van der Waals surface area contributed by atoms with E-state index in [1.165, 1.54) is 21.5 Å². The van der Waals surface area contributed by atoms with Crippen LogP contribution < -0.4 is 0 Å². The maximum absolute atomic E-state index is 4.77. The number of fused-ring (bicyclic) bond motifs is 3. The van der Waals surface area contributed by atoms with Gasteiger partial charge in [0.2, 0.25) is 0 Å². The van der Waals surface area contributed by atoms with Gasteiger partial charge in [-0.15, -0.1) is 83.4 Å². The van der Waals surface area contributed by atoms with Crippen LogP contribution in [0.2, 0.25) is 0 Å². The third-order valence-electron chi connectivity index (χ3n) is 14.0. The van der Waals surface area contributed by atoms with Crippen LogP contribution in [-0.2, 0) is 20.1 Å². The zero-order chi connectivity index (χ0) is 49.2. The molecule has 0 aliphatic rings. The standard InChI is InChI=1S/C71H44N3.Ir/c1-2-16-59-48(15-1)30-35-53-43-54(36-38-65(53)59)68-47-55(71-25-11-14-42-74-71)37-39-67(68)66-22-8-7-21-64(66)58-45-56(62-19-5-3-17-60(62)49-26-31-51(32-27-49)69-23-9-12-40-72-69)44-57(46-58)63-20-6-4-18-61(63)50-28-33-52(34-29-50)70-24-10-13-41-73-70;/h1-31,33,35-36,38-47H;/q-3;+3. The van der Waals surface area contributed by atoms with Crippen molar-refractivity contribution in [1.82, 2.24) is 15.0 Å². The molecule has 3 nitrogen and oxygen atoms in total. The molecule has 3 heterocycles. The maximum Gasteiger partial charge on any atom is 3.00 e. The molecule has 0 radical (unpaired) electrons. The van der Waals surface area contributed by atoms with Crippen LogP contribution in [0.3, 0.4) is 0 Å². The Morgan fingerprint density at radius 3 is 1.16 bits per heavy atom. The molecule has 0 saturated carbocycles. The molecule has 0 spiro atoms. The fraction of sp³-hybridized carbons (Fsp3) is 0. The van der Waals surface area contributed by atoms with E-state index in [4.69, 9.17) is 4.98 Å². The average molecular weight is 1130 g/mol. The van der Waals surface area contributed by atoms with E-state index in [0.717, 1.165) is 112 Å². The van der Waals surface area contributed by atoms with Gasteiger partial charge in [0.15, 0.2) is 0 Å². The second kappa shape index (κ2) is 20.7. The third-order valence-corrected chi connectivity index (χ3v) is 14.0. The van der Waals surface area contributed by atoms with Crippen LogP contribution in [0.4, 0.5) is 0 Å². The van der Waals surface area contributed by atoms with Crippen molar-refractivity contribution >= 4 is 21.5 Å². The Labute approximate surface area is 451 Å². The van der Waals surface area contributed by atoms with E-state index in [1.807, 2.05) is 67.1 Å². The zero-order valence-corrected chi connectivity index (χ0v) is 43.0. The van der Waals surface area contributed by atoms with Crippen molar-refractivity contribution in [2.45, 2.75) is 0 Å². The van der Waals surface area contributed by atoms with Gasteiger partial charge in [0.25, 0.3) is 0 Å². The fourth-order valence-corrected chi connectivity index (χ4v) is 10.4. The van der Waals surface area contributed by atoms with Gasteiger partial charge in [-0.05, 0) is 120 Å². The minimum atomic E-state index is 0. The SMILES string of the molecule is [Ir+3].[c-]1cc(-c2ccccc2-c2cc(-c3ccccc3-c3c[c-]c(-c4ccccn4)cc3)cc(-c3ccccc3-c3c[c-]c(-c4ccccn4)cc3-c3ccc4c(ccc5ccccc54)c3)c2)ccc1-c1ccccn1. The van der Waals surface area contributed by atoms with Crippen LogP contribution in [0, 0.1) is 18.2 Å². The van der Waals surface area contributed by atoms with E-state index < -0.39 is 0 Å². The van der Waals surface area contributed by atoms with Crippen molar-refractivity contribution in [3.05, 3.63) is 286 Å². The first kappa shape index (κ1) is 46.9. The van der Waals surface area contributed by atoms with Gasteiger partial charge in [-0.2, -0.15) is 0 Å². The van der Waals surface area contributed by atoms with E-state index in [2.05, 4.69) is 228 Å². The molecule has 0 bridgehead atoms. The Morgan fingerprint density at radius 2 is 0.653 bits per heavy atom. The average Bonchev–Trinajstić information content (AvgIpc) is 3.49. The number of rotatable bonds is 10. The van der Waals surface area contributed by atoms with Gasteiger partial charge in [-0.25, -0.2) is 0 Å². The molecule has 0 aliphatic carbocycles. The summed E-state index contributed by atoms with van der Waals surface area (Å²) in [5.74, 6) is 0. The topological polar surface area (TPSA) is 38.7 Å². The second-order valence-corrected chi connectivity index (χ2v) is 18.5. The summed E-state index contributed by atoms with van der Waals surface area (Å²) in [5, 5.41) is 4.90. The number of nitrogens with zero attached hydrogens (tertiary/aromatic N) is 3. The minimum Gasteiger partial charge on any atom is -0.305 e. The smallest absolute Gasteiger partial charge is 0.305 e. The molecule has 0 aliphatic heterocycles. The third kappa shape index (κ3) is 9.30. The Hall–Kier alpha value is -9.18. The molecule has 0 saturated heterocycles. The van der Waals surface area contributed by atoms with Crippen LogP contribution in [0.25, 0.3) is 133 Å². The Balaban J connectivity index is 0.00000569. The maximum atomic E-state index is 4.77. The van der Waals surface area contributed by atoms with Gasteiger partial charge in [-0.3, -0.25) is 0 Å². The van der Waals surface area contributed by atoms with E-state index in [-0.39, 0.29) is 20.1 Å². The first-order chi connectivity index (χ1) is 36.7. The van der Waals surface area contributed by atoms with Crippen molar-refractivity contribution in [3.63, 3.8) is 0 Å². The van der Waals surface area contributed by atoms with E-state index in [0.29, 0.717) is 0 Å². The van der Waals surface area contributed by atoms with Crippen LogP contribution in [0.15, 0.2) is 267 Å². The molecule has 13 rings (SSSR count). The van der Waals surface area contributed by atoms with Gasteiger partial charge in [0.05, 0.1) is 0 Å². The van der Waals surface area contributed by atoms with E-state index >= 15 is 0 Å². The van der Waals surface area contributed by atoms with Crippen LogP contribution in [0.1, 0.15) is 0 Å². The van der Waals surface area contributed by atoms with Crippen molar-refractivity contribution < 1.29 is 20.1 Å². The fourth-order valence-electron chi connectivity index (χ4n) is 10.4. The summed E-state index contributed by atoms with van der Waals surface area (Å²) in [7, 11) is 0. The number of hydrogen-bond donors (Lipinski definition) is 0. The van der Waals surface area contributed by atoms with Gasteiger partial charge in [0.1, 0.15) is 0 Å². The normalized spacial score (nSPS) is 11.1. The molecule has 10 aromatic carbocycles. The summed E-state index contributed by atoms with van der Waals surface area (Å²) in [6, 6.07) is 99.2. The van der Waals surface area contributed by atoms with E-state index in [9.17, 15) is 0 Å². The molecule has 0 fully saturated rings. The van der Waals surface area contributed by atoms with Crippen molar-refractivity contribution in [2.75, 3.05) is 0 Å². The second-order valence-electron chi connectivity index (χ2n) is 18.5. The molecule has 0 atom stereocenters. The van der Waals surface area contributed by atoms with Crippen molar-refractivity contribution in [1.29, 1.82) is 0 Å². The summed E-state index contributed by atoms with van der Waals surface area (Å²) < 4.78 is 0.